The number of carbonyl (C=O) groups excluding carboxylic acids is 2. The molecule has 2 aliphatic rings. The summed E-state index contributed by atoms with van der Waals surface area (Å²) in [5, 5.41) is 2.95. The van der Waals surface area contributed by atoms with Crippen LogP contribution in [0.4, 0.5) is 14.9 Å². The predicted octanol–water partition coefficient (Wildman–Crippen LogP) is 6.60. The van der Waals surface area contributed by atoms with Gasteiger partial charge in [-0.3, -0.25) is 4.79 Å². The van der Waals surface area contributed by atoms with Crippen molar-refractivity contribution in [3.63, 3.8) is 0 Å². The first kappa shape index (κ1) is 26.9. The molecule has 2 aliphatic heterocycles. The van der Waals surface area contributed by atoms with Gasteiger partial charge in [0, 0.05) is 24.7 Å². The van der Waals surface area contributed by atoms with Crippen LogP contribution in [0.15, 0.2) is 18.2 Å². The molecule has 1 N–H and O–H groups in total. The molecular formula is C23H35Cl2FN2O3Si. The third-order valence-corrected chi connectivity index (χ3v) is 15.0. The first-order valence-electron chi connectivity index (χ1n) is 11.1. The highest BCUT2D eigenvalue weighted by Gasteiger charge is 2.57. The number of halogens is 3. The second-order valence-corrected chi connectivity index (χ2v) is 16.6. The molecule has 5 nitrogen and oxygen atoms in total. The Kier molecular flexibility index (Phi) is 8.68. The van der Waals surface area contributed by atoms with Crippen molar-refractivity contribution in [3.05, 3.63) is 29.6 Å². The second kappa shape index (κ2) is 10.3. The van der Waals surface area contributed by atoms with Crippen LogP contribution in [0.2, 0.25) is 22.7 Å². The van der Waals surface area contributed by atoms with Gasteiger partial charge in [0.05, 0.1) is 13.4 Å². The minimum atomic E-state index is -1.86. The highest BCUT2D eigenvalue weighted by molar-refractivity contribution is 6.83. The molecular weight excluding hydrogens is 470 g/mol. The molecule has 0 aliphatic carbocycles. The number of nitrogens with one attached hydrogen (secondary N) is 1. The van der Waals surface area contributed by atoms with Crippen molar-refractivity contribution in [3.8, 4) is 0 Å². The number of rotatable bonds is 5. The van der Waals surface area contributed by atoms with Gasteiger partial charge in [0.1, 0.15) is 11.9 Å². The molecule has 0 aromatic heterocycles. The zero-order valence-electron chi connectivity index (χ0n) is 20.0. The lowest BCUT2D eigenvalue weighted by molar-refractivity contribution is -0.126. The summed E-state index contributed by atoms with van der Waals surface area (Å²) in [6.07, 6.45) is -0.632. The van der Waals surface area contributed by atoms with Gasteiger partial charge in [-0.25, -0.2) is 9.18 Å². The molecule has 0 radical (unpaired) electrons. The van der Waals surface area contributed by atoms with Crippen LogP contribution in [0.3, 0.4) is 0 Å². The number of hydrogen-bond donors (Lipinski definition) is 1. The van der Waals surface area contributed by atoms with E-state index in [1.54, 1.807) is 13.1 Å². The third kappa shape index (κ3) is 4.66. The summed E-state index contributed by atoms with van der Waals surface area (Å²) in [5.41, 5.74) is 1.45. The summed E-state index contributed by atoms with van der Waals surface area (Å²) >= 11 is 9.53. The molecule has 1 saturated heterocycles. The smallest absolute Gasteiger partial charge is 0.408 e. The third-order valence-electron chi connectivity index (χ3n) is 7.38. The number of carbonyl (C=O) groups is 2. The van der Waals surface area contributed by atoms with Gasteiger partial charge in [0.2, 0.25) is 0 Å². The van der Waals surface area contributed by atoms with E-state index in [0.29, 0.717) is 34.3 Å². The van der Waals surface area contributed by atoms with Crippen molar-refractivity contribution in [2.24, 2.45) is 0 Å². The SMILES string of the molecule is CC(C)[Si](C[C@@H]1C[C@]2(NC(=O)O1)C(=O)N(C)c1ccc(F)cc12)(C(C)C)C(C)C.ClCCl. The quantitative estimate of drug-likeness (QED) is 0.363. The Labute approximate surface area is 202 Å². The lowest BCUT2D eigenvalue weighted by atomic mass is 9.85. The van der Waals surface area contributed by atoms with Gasteiger partial charge in [-0.1, -0.05) is 58.2 Å². The topological polar surface area (TPSA) is 58.6 Å². The van der Waals surface area contributed by atoms with Gasteiger partial charge in [0.15, 0.2) is 5.54 Å². The Morgan fingerprint density at radius 1 is 1.16 bits per heavy atom. The Morgan fingerprint density at radius 2 is 1.69 bits per heavy atom. The summed E-state index contributed by atoms with van der Waals surface area (Å²) in [4.78, 5) is 27.4. The molecule has 1 spiro atoms. The highest BCUT2D eigenvalue weighted by atomic mass is 35.5. The lowest BCUT2D eigenvalue weighted by Gasteiger charge is -2.47. The Morgan fingerprint density at radius 3 is 2.19 bits per heavy atom. The van der Waals surface area contributed by atoms with Crippen LogP contribution in [-0.4, -0.2) is 38.6 Å². The average Bonchev–Trinajstić information content (AvgIpc) is 2.87. The Hall–Kier alpha value is -1.31. The first-order valence-corrected chi connectivity index (χ1v) is 14.6. The number of ether oxygens (including phenoxy) is 1. The average molecular weight is 506 g/mol. The van der Waals surface area contributed by atoms with Crippen LogP contribution in [0.25, 0.3) is 0 Å². The molecule has 32 heavy (non-hydrogen) atoms. The number of alkyl carbamates (subject to hydrolysis) is 1. The summed E-state index contributed by atoms with van der Waals surface area (Å²) < 4.78 is 19.8. The maximum absolute atomic E-state index is 14.1. The molecule has 0 unspecified atom stereocenters. The maximum Gasteiger partial charge on any atom is 0.408 e. The number of anilines is 1. The number of alkyl halides is 2. The van der Waals surface area contributed by atoms with Crippen molar-refractivity contribution in [2.75, 3.05) is 17.3 Å². The van der Waals surface area contributed by atoms with Crippen LogP contribution < -0.4 is 10.2 Å². The number of amides is 2. The van der Waals surface area contributed by atoms with Gasteiger partial charge in [-0.15, -0.1) is 23.2 Å². The van der Waals surface area contributed by atoms with Crippen LogP contribution in [-0.2, 0) is 15.1 Å². The largest absolute Gasteiger partial charge is 0.446 e. The number of nitrogens with zero attached hydrogens (tertiary/aromatic N) is 1. The van der Waals surface area contributed by atoms with Gasteiger partial charge in [-0.2, -0.15) is 0 Å². The van der Waals surface area contributed by atoms with Crippen molar-refractivity contribution < 1.29 is 18.7 Å². The van der Waals surface area contributed by atoms with Gasteiger partial charge in [0.25, 0.3) is 5.91 Å². The molecule has 180 valence electrons. The number of benzene rings is 1. The molecule has 0 saturated carbocycles. The van der Waals surface area contributed by atoms with Gasteiger partial charge < -0.3 is 15.0 Å². The molecule has 9 heteroatoms. The second-order valence-electron chi connectivity index (χ2n) is 9.67. The lowest BCUT2D eigenvalue weighted by Crippen LogP contribution is -2.60. The van der Waals surface area contributed by atoms with Gasteiger partial charge >= 0.3 is 6.09 Å². The van der Waals surface area contributed by atoms with Crippen molar-refractivity contribution in [1.82, 2.24) is 5.32 Å². The standard InChI is InChI=1S/C22H33FN2O3Si.CH2Cl2/c1-13(2)29(14(3)4,15(5)6)12-17-11-22(24-21(27)28-17)18-10-16(23)8-9-19(18)25(7)20(22)26;2-1-3/h8-10,13-15,17H,11-12H2,1-7H3,(H,24,27);1H2/t17-,22+;/m0./s1. The summed E-state index contributed by atoms with van der Waals surface area (Å²) in [6, 6.07) is 5.12. The van der Waals surface area contributed by atoms with E-state index in [2.05, 4.69) is 46.9 Å². The number of likely N-dealkylation sites (N-methyl/N-ethyl adjacent to an activating group) is 1. The molecule has 2 atom stereocenters. The van der Waals surface area contributed by atoms with E-state index < -0.39 is 25.5 Å². The van der Waals surface area contributed by atoms with E-state index >= 15 is 0 Å². The molecule has 1 fully saturated rings. The predicted molar refractivity (Wildman–Crippen MR) is 132 cm³/mol. The Balaban J connectivity index is 0.00000114. The number of hydrogen-bond acceptors (Lipinski definition) is 3. The molecule has 0 bridgehead atoms. The zero-order chi connectivity index (χ0) is 24.4. The molecule has 2 amide bonds. The monoisotopic (exact) mass is 504 g/mol. The number of fused-ring (bicyclic) bond motifs is 2. The van der Waals surface area contributed by atoms with E-state index in [9.17, 15) is 14.0 Å². The zero-order valence-corrected chi connectivity index (χ0v) is 22.5. The van der Waals surface area contributed by atoms with E-state index in [0.717, 1.165) is 6.04 Å². The van der Waals surface area contributed by atoms with Gasteiger partial charge in [-0.05, 0) is 24.2 Å². The summed E-state index contributed by atoms with van der Waals surface area (Å²) in [7, 11) is -0.191. The fourth-order valence-electron chi connectivity index (χ4n) is 5.98. The first-order chi connectivity index (χ1) is 14.9. The normalized spacial score (nSPS) is 22.8. The summed E-state index contributed by atoms with van der Waals surface area (Å²) in [5.74, 6) is -0.649. The fourth-order valence-corrected chi connectivity index (χ4v) is 12.4. The van der Waals surface area contributed by atoms with Crippen LogP contribution in [0.1, 0.15) is 53.5 Å². The maximum atomic E-state index is 14.1. The van der Waals surface area contributed by atoms with E-state index in [4.69, 9.17) is 27.9 Å². The van der Waals surface area contributed by atoms with Crippen LogP contribution in [0.5, 0.6) is 0 Å². The molecule has 3 rings (SSSR count). The molecule has 1 aromatic carbocycles. The van der Waals surface area contributed by atoms with E-state index in [-0.39, 0.29) is 17.4 Å². The number of cyclic esters (lactones) is 1. The van der Waals surface area contributed by atoms with Crippen LogP contribution in [0, 0.1) is 5.82 Å². The molecule has 2 heterocycles. The van der Waals surface area contributed by atoms with Crippen molar-refractivity contribution in [1.29, 1.82) is 0 Å². The Bertz CT molecular complexity index is 831. The highest BCUT2D eigenvalue weighted by Crippen LogP contribution is 2.50. The van der Waals surface area contributed by atoms with E-state index in [1.165, 1.54) is 17.0 Å². The fraction of sp³-hybridized carbons (Fsp3) is 0.652. The van der Waals surface area contributed by atoms with Crippen LogP contribution >= 0.6 is 23.2 Å². The summed E-state index contributed by atoms with van der Waals surface area (Å²) in [6.45, 7) is 13.6. The van der Waals surface area contributed by atoms with E-state index in [1.807, 2.05) is 0 Å². The minimum absolute atomic E-state index is 0.194. The minimum Gasteiger partial charge on any atom is -0.446 e. The van der Waals surface area contributed by atoms with Crippen molar-refractivity contribution in [2.45, 2.75) is 82.3 Å². The van der Waals surface area contributed by atoms with Crippen molar-refractivity contribution >= 4 is 49.0 Å². The molecule has 1 aromatic rings.